The first-order valence-electron chi connectivity index (χ1n) is 7.14. The number of hydrogen-bond donors (Lipinski definition) is 2. The van der Waals surface area contributed by atoms with E-state index in [1.54, 1.807) is 6.07 Å². The van der Waals surface area contributed by atoms with Crippen molar-refractivity contribution < 1.29 is 9.90 Å². The standard InChI is InChI=1S/C15H16N4O3/c20-12-7-11(8-16-9-12)15(22)17-5-6-19-14(21)4-3-13(18-19)10-1-2-10/h3-4,7-10,20H,1-2,5-6H2,(H,17,22). The first kappa shape index (κ1) is 14.2. The lowest BCUT2D eigenvalue weighted by Crippen LogP contribution is -2.32. The van der Waals surface area contributed by atoms with Gasteiger partial charge in [0.15, 0.2) is 0 Å². The molecule has 1 amide bonds. The number of carbonyl (C=O) groups excluding carboxylic acids is 1. The molecule has 0 saturated heterocycles. The average molecular weight is 300 g/mol. The van der Waals surface area contributed by atoms with E-state index in [1.165, 1.54) is 29.2 Å². The molecule has 2 N–H and O–H groups in total. The lowest BCUT2D eigenvalue weighted by Gasteiger charge is -2.08. The zero-order valence-electron chi connectivity index (χ0n) is 11.9. The van der Waals surface area contributed by atoms with E-state index < -0.39 is 0 Å². The Labute approximate surface area is 126 Å². The van der Waals surface area contributed by atoms with Crippen molar-refractivity contribution in [2.45, 2.75) is 25.3 Å². The summed E-state index contributed by atoms with van der Waals surface area (Å²) in [4.78, 5) is 27.4. The Hall–Kier alpha value is -2.70. The number of carbonyl (C=O) groups is 1. The normalized spacial score (nSPS) is 13.8. The fourth-order valence-electron chi connectivity index (χ4n) is 2.15. The van der Waals surface area contributed by atoms with Crippen molar-refractivity contribution in [2.24, 2.45) is 0 Å². The van der Waals surface area contributed by atoms with Gasteiger partial charge in [-0.05, 0) is 25.0 Å². The summed E-state index contributed by atoms with van der Waals surface area (Å²) < 4.78 is 1.37. The summed E-state index contributed by atoms with van der Waals surface area (Å²) >= 11 is 0. The maximum atomic E-state index is 11.9. The minimum Gasteiger partial charge on any atom is -0.506 e. The maximum Gasteiger partial charge on any atom is 0.266 e. The summed E-state index contributed by atoms with van der Waals surface area (Å²) in [6.07, 6.45) is 4.86. The Morgan fingerprint density at radius 3 is 2.91 bits per heavy atom. The van der Waals surface area contributed by atoms with Crippen LogP contribution in [0.2, 0.25) is 0 Å². The van der Waals surface area contributed by atoms with Gasteiger partial charge in [0, 0.05) is 24.7 Å². The van der Waals surface area contributed by atoms with Gasteiger partial charge in [0.2, 0.25) is 0 Å². The van der Waals surface area contributed by atoms with Crippen LogP contribution in [-0.4, -0.2) is 32.3 Å². The van der Waals surface area contributed by atoms with Crippen LogP contribution in [-0.2, 0) is 6.54 Å². The Morgan fingerprint density at radius 1 is 1.36 bits per heavy atom. The molecule has 0 radical (unpaired) electrons. The molecule has 1 fully saturated rings. The van der Waals surface area contributed by atoms with Gasteiger partial charge < -0.3 is 10.4 Å². The molecular formula is C15H16N4O3. The summed E-state index contributed by atoms with van der Waals surface area (Å²) in [6, 6.07) is 4.62. The average Bonchev–Trinajstić information content (AvgIpc) is 3.34. The fraction of sp³-hybridized carbons (Fsp3) is 0.333. The molecular weight excluding hydrogens is 284 g/mol. The van der Waals surface area contributed by atoms with Gasteiger partial charge >= 0.3 is 0 Å². The van der Waals surface area contributed by atoms with Crippen molar-refractivity contribution in [1.29, 1.82) is 0 Å². The summed E-state index contributed by atoms with van der Waals surface area (Å²) in [5.41, 5.74) is 1.02. The van der Waals surface area contributed by atoms with E-state index >= 15 is 0 Å². The van der Waals surface area contributed by atoms with Crippen molar-refractivity contribution in [3.63, 3.8) is 0 Å². The number of hydrogen-bond acceptors (Lipinski definition) is 5. The number of pyridine rings is 1. The van der Waals surface area contributed by atoms with Crippen LogP contribution in [0.25, 0.3) is 0 Å². The van der Waals surface area contributed by atoms with Gasteiger partial charge in [-0.3, -0.25) is 14.6 Å². The molecule has 0 aliphatic heterocycles. The summed E-state index contributed by atoms with van der Waals surface area (Å²) in [7, 11) is 0. The van der Waals surface area contributed by atoms with E-state index in [1.807, 2.05) is 0 Å². The summed E-state index contributed by atoms with van der Waals surface area (Å²) in [5, 5.41) is 16.3. The monoisotopic (exact) mass is 300 g/mol. The van der Waals surface area contributed by atoms with Crippen molar-refractivity contribution >= 4 is 5.91 Å². The number of nitrogens with zero attached hydrogens (tertiary/aromatic N) is 3. The quantitative estimate of drug-likeness (QED) is 0.845. The van der Waals surface area contributed by atoms with Crippen LogP contribution in [0.3, 0.4) is 0 Å². The van der Waals surface area contributed by atoms with Crippen LogP contribution in [0.4, 0.5) is 0 Å². The van der Waals surface area contributed by atoms with E-state index in [0.29, 0.717) is 12.5 Å². The van der Waals surface area contributed by atoms with Crippen LogP contribution < -0.4 is 10.9 Å². The topological polar surface area (TPSA) is 97.1 Å². The fourth-order valence-corrected chi connectivity index (χ4v) is 2.15. The first-order chi connectivity index (χ1) is 10.6. The third-order valence-electron chi connectivity index (χ3n) is 3.48. The number of aromatic nitrogens is 3. The molecule has 3 rings (SSSR count). The highest BCUT2D eigenvalue weighted by Crippen LogP contribution is 2.38. The van der Waals surface area contributed by atoms with Crippen molar-refractivity contribution in [3.05, 3.63) is 52.2 Å². The molecule has 7 nitrogen and oxygen atoms in total. The molecule has 0 bridgehead atoms. The van der Waals surface area contributed by atoms with E-state index in [4.69, 9.17) is 0 Å². The van der Waals surface area contributed by atoms with Gasteiger partial charge in [-0.1, -0.05) is 0 Å². The molecule has 1 aliphatic rings. The van der Waals surface area contributed by atoms with Crippen LogP contribution in [0, 0.1) is 0 Å². The molecule has 2 aromatic rings. The van der Waals surface area contributed by atoms with Gasteiger partial charge in [0.25, 0.3) is 11.5 Å². The number of rotatable bonds is 5. The van der Waals surface area contributed by atoms with E-state index in [2.05, 4.69) is 15.4 Å². The highest BCUT2D eigenvalue weighted by atomic mass is 16.3. The minimum atomic E-state index is -0.352. The van der Waals surface area contributed by atoms with Crippen molar-refractivity contribution in [2.75, 3.05) is 6.54 Å². The predicted molar refractivity (Wildman–Crippen MR) is 78.7 cm³/mol. The zero-order chi connectivity index (χ0) is 15.5. The Bertz CT molecular complexity index is 752. The second-order valence-corrected chi connectivity index (χ2v) is 5.28. The van der Waals surface area contributed by atoms with Gasteiger partial charge in [-0.2, -0.15) is 5.10 Å². The molecule has 7 heteroatoms. The molecule has 2 heterocycles. The molecule has 1 saturated carbocycles. The van der Waals surface area contributed by atoms with E-state index in [9.17, 15) is 14.7 Å². The van der Waals surface area contributed by atoms with Crippen LogP contribution >= 0.6 is 0 Å². The van der Waals surface area contributed by atoms with Crippen LogP contribution in [0.1, 0.15) is 34.8 Å². The second kappa shape index (κ2) is 5.97. The molecule has 114 valence electrons. The second-order valence-electron chi connectivity index (χ2n) is 5.28. The smallest absolute Gasteiger partial charge is 0.266 e. The minimum absolute atomic E-state index is 0.0670. The lowest BCUT2D eigenvalue weighted by molar-refractivity contribution is 0.0951. The number of aromatic hydroxyl groups is 1. The third-order valence-corrected chi connectivity index (χ3v) is 3.48. The number of nitrogens with one attached hydrogen (secondary N) is 1. The maximum absolute atomic E-state index is 11.9. The molecule has 0 unspecified atom stereocenters. The molecule has 0 aromatic carbocycles. The van der Waals surface area contributed by atoms with Gasteiger partial charge in [0.05, 0.1) is 24.0 Å². The van der Waals surface area contributed by atoms with Gasteiger partial charge in [-0.25, -0.2) is 4.68 Å². The van der Waals surface area contributed by atoms with E-state index in [-0.39, 0.29) is 29.3 Å². The van der Waals surface area contributed by atoms with Crippen molar-refractivity contribution in [3.8, 4) is 5.75 Å². The summed E-state index contributed by atoms with van der Waals surface area (Å²) in [5.74, 6) is 0.0530. The van der Waals surface area contributed by atoms with Crippen LogP contribution in [0.15, 0.2) is 35.4 Å². The van der Waals surface area contributed by atoms with E-state index in [0.717, 1.165) is 18.5 Å². The Kier molecular flexibility index (Phi) is 3.86. The molecule has 22 heavy (non-hydrogen) atoms. The highest BCUT2D eigenvalue weighted by molar-refractivity contribution is 5.94. The van der Waals surface area contributed by atoms with Gasteiger partial charge in [0.1, 0.15) is 5.75 Å². The number of amides is 1. The first-order valence-corrected chi connectivity index (χ1v) is 7.14. The molecule has 0 atom stereocenters. The molecule has 2 aromatic heterocycles. The zero-order valence-corrected chi connectivity index (χ0v) is 11.9. The Balaban J connectivity index is 1.60. The van der Waals surface area contributed by atoms with Crippen molar-refractivity contribution in [1.82, 2.24) is 20.1 Å². The third kappa shape index (κ3) is 3.30. The summed E-state index contributed by atoms with van der Waals surface area (Å²) in [6.45, 7) is 0.576. The Morgan fingerprint density at radius 2 is 2.18 bits per heavy atom. The lowest BCUT2D eigenvalue weighted by atomic mass is 10.2. The van der Waals surface area contributed by atoms with Gasteiger partial charge in [-0.15, -0.1) is 0 Å². The van der Waals surface area contributed by atoms with Crippen LogP contribution in [0.5, 0.6) is 5.75 Å². The largest absolute Gasteiger partial charge is 0.506 e. The highest BCUT2D eigenvalue weighted by Gasteiger charge is 2.25. The molecule has 1 aliphatic carbocycles. The molecule has 0 spiro atoms. The SMILES string of the molecule is O=C(NCCn1nc(C2CC2)ccc1=O)c1cncc(O)c1. The predicted octanol–water partition coefficient (Wildman–Crippen LogP) is 0.651.